The molecule has 2 aliphatic heterocycles. The number of amides is 2. The second kappa shape index (κ2) is 10.8. The van der Waals surface area contributed by atoms with E-state index in [2.05, 4.69) is 25.9 Å². The van der Waals surface area contributed by atoms with E-state index in [9.17, 15) is 18.0 Å². The van der Waals surface area contributed by atoms with Gasteiger partial charge in [-0.1, -0.05) is 51.3 Å². The number of anilines is 2. The maximum atomic E-state index is 14.2. The number of imidazole rings is 2. The van der Waals surface area contributed by atoms with Gasteiger partial charge >= 0.3 is 6.03 Å². The van der Waals surface area contributed by atoms with Gasteiger partial charge < -0.3 is 4.90 Å². The lowest BCUT2D eigenvalue weighted by atomic mass is 9.92. The van der Waals surface area contributed by atoms with Crippen LogP contribution in [0.25, 0.3) is 0 Å². The van der Waals surface area contributed by atoms with Crippen LogP contribution in [0.4, 0.5) is 16.4 Å². The number of fused-ring (bicyclic) bond motifs is 1. The summed E-state index contributed by atoms with van der Waals surface area (Å²) in [6, 6.07) is 11.9. The molecule has 1 atom stereocenters. The van der Waals surface area contributed by atoms with Gasteiger partial charge in [0.25, 0.3) is 15.9 Å². The van der Waals surface area contributed by atoms with Crippen LogP contribution in [-0.4, -0.2) is 74.8 Å². The van der Waals surface area contributed by atoms with Crippen LogP contribution in [0.3, 0.4) is 0 Å². The van der Waals surface area contributed by atoms with Crippen molar-refractivity contribution in [3.05, 3.63) is 87.5 Å². The van der Waals surface area contributed by atoms with Crippen molar-refractivity contribution in [2.24, 2.45) is 0 Å². The number of sulfonamides is 1. The normalized spacial score (nSPS) is 19.4. The van der Waals surface area contributed by atoms with E-state index in [4.69, 9.17) is 23.2 Å². The molecular weight excluding hydrogens is 669 g/mol. The molecule has 0 spiro atoms. The van der Waals surface area contributed by atoms with Crippen LogP contribution < -0.4 is 4.90 Å². The van der Waals surface area contributed by atoms with Crippen molar-refractivity contribution < 1.29 is 18.0 Å². The number of hydrogen-bond acceptors (Lipinski definition) is 6. The zero-order chi connectivity index (χ0) is 29.8. The molecule has 11 nitrogen and oxygen atoms in total. The molecule has 2 aromatic carbocycles. The number of piperazine rings is 1. The number of nitrogens with zero attached hydrogens (tertiary/aromatic N) is 7. The summed E-state index contributed by atoms with van der Waals surface area (Å²) in [5.74, 6) is -0.232. The van der Waals surface area contributed by atoms with Crippen LogP contribution in [0.1, 0.15) is 12.5 Å². The number of rotatable bonds is 5. The minimum Gasteiger partial charge on any atom is -0.321 e. The van der Waals surface area contributed by atoms with Crippen molar-refractivity contribution in [1.29, 1.82) is 0 Å². The van der Waals surface area contributed by atoms with E-state index < -0.39 is 15.6 Å². The van der Waals surface area contributed by atoms with Gasteiger partial charge in [-0.3, -0.25) is 13.9 Å². The van der Waals surface area contributed by atoms with Gasteiger partial charge in [0.1, 0.15) is 11.9 Å². The Morgan fingerprint density at radius 1 is 1.05 bits per heavy atom. The third-order valence-corrected chi connectivity index (χ3v) is 10.3. The summed E-state index contributed by atoms with van der Waals surface area (Å²) in [5.41, 5.74) is -0.148. The number of aromatic nitrogens is 4. The predicted molar refractivity (Wildman–Crippen MR) is 161 cm³/mol. The zero-order valence-corrected chi connectivity index (χ0v) is 26.1. The van der Waals surface area contributed by atoms with Crippen molar-refractivity contribution in [3.63, 3.8) is 0 Å². The molecule has 15 heteroatoms. The summed E-state index contributed by atoms with van der Waals surface area (Å²) in [5, 5.41) is 0.525. The maximum Gasteiger partial charge on any atom is 0.329 e. The van der Waals surface area contributed by atoms with Gasteiger partial charge in [-0.2, -0.15) is 4.31 Å². The van der Waals surface area contributed by atoms with Crippen molar-refractivity contribution in [2.45, 2.75) is 23.9 Å². The van der Waals surface area contributed by atoms with E-state index in [0.717, 1.165) is 10.0 Å². The Balaban J connectivity index is 1.38. The van der Waals surface area contributed by atoms with Crippen molar-refractivity contribution in [2.75, 3.05) is 31.1 Å². The molecule has 0 aliphatic carbocycles. The molecule has 1 fully saturated rings. The predicted octanol–water partition coefficient (Wildman–Crippen LogP) is 4.76. The number of hydrogen-bond donors (Lipinski definition) is 0. The molecule has 0 unspecified atom stereocenters. The molecule has 42 heavy (non-hydrogen) atoms. The molecule has 4 heterocycles. The molecule has 0 bridgehead atoms. The molecule has 2 amide bonds. The molecule has 2 aliphatic rings. The fourth-order valence-corrected chi connectivity index (χ4v) is 7.79. The molecule has 0 radical (unpaired) electrons. The molecule has 218 valence electrons. The summed E-state index contributed by atoms with van der Waals surface area (Å²) in [4.78, 5) is 38.2. The fourth-order valence-electron chi connectivity index (χ4n) is 5.40. The fraction of sp³-hybridized carbons (Fsp3) is 0.259. The summed E-state index contributed by atoms with van der Waals surface area (Å²) in [6.07, 6.45) is 5.93. The monoisotopic (exact) mass is 691 g/mol. The van der Waals surface area contributed by atoms with E-state index in [1.165, 1.54) is 37.1 Å². The molecule has 6 rings (SSSR count). The molecule has 4 aromatic rings. The van der Waals surface area contributed by atoms with Gasteiger partial charge in [0.15, 0.2) is 5.03 Å². The lowest BCUT2D eigenvalue weighted by Crippen LogP contribution is -2.52. The van der Waals surface area contributed by atoms with Gasteiger partial charge in [-0.15, -0.1) is 0 Å². The van der Waals surface area contributed by atoms with Crippen LogP contribution in [0.5, 0.6) is 0 Å². The second-order valence-electron chi connectivity index (χ2n) is 10.2. The topological polar surface area (TPSA) is 114 Å². The van der Waals surface area contributed by atoms with Crippen molar-refractivity contribution >= 4 is 72.7 Å². The Kier molecular flexibility index (Phi) is 7.42. The van der Waals surface area contributed by atoms with E-state index in [1.807, 2.05) is 24.3 Å². The third kappa shape index (κ3) is 4.92. The smallest absolute Gasteiger partial charge is 0.321 e. The van der Waals surface area contributed by atoms with Crippen LogP contribution in [-0.2, 0) is 26.8 Å². The highest BCUT2D eigenvalue weighted by atomic mass is 79.9. The minimum atomic E-state index is -4.12. The first-order valence-corrected chi connectivity index (χ1v) is 15.9. The number of carbonyl (C=O) groups excluding carboxylic acids is 2. The van der Waals surface area contributed by atoms with Gasteiger partial charge in [0.05, 0.1) is 11.9 Å². The highest BCUT2D eigenvalue weighted by Crippen LogP contribution is 2.45. The van der Waals surface area contributed by atoms with E-state index in [0.29, 0.717) is 15.7 Å². The highest BCUT2D eigenvalue weighted by molar-refractivity contribution is 9.10. The summed E-state index contributed by atoms with van der Waals surface area (Å²) >= 11 is 16.0. The number of halogens is 3. The van der Waals surface area contributed by atoms with E-state index >= 15 is 0 Å². The summed E-state index contributed by atoms with van der Waals surface area (Å²) < 4.78 is 33.3. The average molecular weight is 693 g/mol. The van der Waals surface area contributed by atoms with Crippen LogP contribution in [0.15, 0.2) is 76.9 Å². The lowest BCUT2D eigenvalue weighted by Gasteiger charge is -2.34. The standard InChI is InChI=1S/C27H24BrCl2N7O4S/c1-27(15-18-2-4-19(28)5-3-18)24(38)36(22-13-20(29)12-21(30)14-22)25-32-16-23(37(25)27)42(40,41)35-10-8-33(9-11-35)26(39)34-7-6-31-17-34/h2-7,12-14,16-17H,8-11,15H2,1H3/t27-/m1/s1. The Morgan fingerprint density at radius 3 is 2.33 bits per heavy atom. The van der Waals surface area contributed by atoms with Gasteiger partial charge in [-0.25, -0.2) is 28.1 Å². The molecule has 1 saturated heterocycles. The maximum absolute atomic E-state index is 14.2. The van der Waals surface area contributed by atoms with Gasteiger partial charge in [0.2, 0.25) is 5.95 Å². The zero-order valence-electron chi connectivity index (χ0n) is 22.2. The first kappa shape index (κ1) is 28.9. The largest absolute Gasteiger partial charge is 0.329 e. The van der Waals surface area contributed by atoms with Crippen LogP contribution >= 0.6 is 39.1 Å². The van der Waals surface area contributed by atoms with Gasteiger partial charge in [0, 0.05) is 59.5 Å². The van der Waals surface area contributed by atoms with Crippen molar-refractivity contribution in [1.82, 2.24) is 28.3 Å². The molecule has 0 N–H and O–H groups in total. The Hall–Kier alpha value is -3.23. The Bertz CT molecular complexity index is 1770. The first-order valence-electron chi connectivity index (χ1n) is 12.9. The van der Waals surface area contributed by atoms with Crippen molar-refractivity contribution in [3.8, 4) is 0 Å². The quantitative estimate of drug-likeness (QED) is 0.298. The Morgan fingerprint density at radius 2 is 1.71 bits per heavy atom. The number of benzene rings is 2. The first-order chi connectivity index (χ1) is 20.0. The van der Waals surface area contributed by atoms with Crippen LogP contribution in [0, 0.1) is 0 Å². The molecule has 2 aromatic heterocycles. The van der Waals surface area contributed by atoms with E-state index in [1.54, 1.807) is 36.2 Å². The van der Waals surface area contributed by atoms with Gasteiger partial charge in [-0.05, 0) is 42.8 Å². The SMILES string of the molecule is C[C@@]1(Cc2ccc(Br)cc2)C(=O)N(c2cc(Cl)cc(Cl)c2)c2ncc(S(=O)(=O)N3CCN(C(=O)n4ccnc4)CC3)n21. The summed E-state index contributed by atoms with van der Waals surface area (Å²) in [7, 11) is -4.12. The van der Waals surface area contributed by atoms with Crippen LogP contribution in [0.2, 0.25) is 10.0 Å². The third-order valence-electron chi connectivity index (χ3n) is 7.47. The average Bonchev–Trinajstić information content (AvgIpc) is 3.69. The highest BCUT2D eigenvalue weighted by Gasteiger charge is 2.52. The summed E-state index contributed by atoms with van der Waals surface area (Å²) in [6.45, 7) is 2.25. The molecule has 0 saturated carbocycles. The van der Waals surface area contributed by atoms with E-state index in [-0.39, 0.29) is 55.5 Å². The molecular formula is C27H24BrCl2N7O4S. The Labute approximate surface area is 260 Å². The number of carbonyl (C=O) groups is 2. The minimum absolute atomic E-state index is 0.0777. The lowest BCUT2D eigenvalue weighted by molar-refractivity contribution is -0.124. The second-order valence-corrected chi connectivity index (χ2v) is 13.9.